The summed E-state index contributed by atoms with van der Waals surface area (Å²) in [5, 5.41) is 0. The van der Waals surface area contributed by atoms with E-state index < -0.39 is 0 Å². The van der Waals surface area contributed by atoms with Crippen LogP contribution in [0.15, 0.2) is 24.3 Å². The summed E-state index contributed by atoms with van der Waals surface area (Å²) >= 11 is 0. The van der Waals surface area contributed by atoms with E-state index in [0.29, 0.717) is 6.04 Å². The van der Waals surface area contributed by atoms with E-state index in [0.717, 1.165) is 12.5 Å². The molecular formula is C17H28N2. The molecule has 2 N–H and O–H groups in total. The molecule has 106 valence electrons. The van der Waals surface area contributed by atoms with Crippen LogP contribution in [0.1, 0.15) is 45.1 Å². The molecular weight excluding hydrogens is 232 g/mol. The second-order valence-corrected chi connectivity index (χ2v) is 5.87. The highest BCUT2D eigenvalue weighted by Gasteiger charge is 2.24. The monoisotopic (exact) mass is 260 g/mol. The van der Waals surface area contributed by atoms with Gasteiger partial charge in [0.05, 0.1) is 0 Å². The van der Waals surface area contributed by atoms with Gasteiger partial charge in [0.2, 0.25) is 0 Å². The zero-order chi connectivity index (χ0) is 13.7. The van der Waals surface area contributed by atoms with Crippen molar-refractivity contribution in [2.24, 2.45) is 11.7 Å². The molecule has 1 aromatic rings. The maximum atomic E-state index is 5.67. The maximum Gasteiger partial charge on any atom is 0.0402 e. The van der Waals surface area contributed by atoms with Crippen molar-refractivity contribution in [3.63, 3.8) is 0 Å². The number of anilines is 1. The predicted molar refractivity (Wildman–Crippen MR) is 83.6 cm³/mol. The van der Waals surface area contributed by atoms with Crippen LogP contribution in [0.5, 0.6) is 0 Å². The van der Waals surface area contributed by atoms with Crippen molar-refractivity contribution < 1.29 is 0 Å². The number of hydrogen-bond donors (Lipinski definition) is 1. The fourth-order valence-electron chi connectivity index (χ4n) is 3.31. The van der Waals surface area contributed by atoms with Crippen molar-refractivity contribution in [1.82, 2.24) is 0 Å². The van der Waals surface area contributed by atoms with E-state index in [1.807, 2.05) is 0 Å². The minimum Gasteiger partial charge on any atom is -0.368 e. The Morgan fingerprint density at radius 1 is 1.32 bits per heavy atom. The maximum absolute atomic E-state index is 5.67. The van der Waals surface area contributed by atoms with Crippen molar-refractivity contribution in [3.8, 4) is 0 Å². The zero-order valence-corrected chi connectivity index (χ0v) is 12.4. The number of hydrogen-bond acceptors (Lipinski definition) is 2. The largest absolute Gasteiger partial charge is 0.368 e. The first kappa shape index (κ1) is 14.4. The summed E-state index contributed by atoms with van der Waals surface area (Å²) in [6, 6.07) is 9.52. The van der Waals surface area contributed by atoms with Gasteiger partial charge in [0, 0.05) is 18.3 Å². The third-order valence-electron chi connectivity index (χ3n) is 4.51. The quantitative estimate of drug-likeness (QED) is 0.811. The summed E-state index contributed by atoms with van der Waals surface area (Å²) in [4.78, 5) is 2.59. The Morgan fingerprint density at radius 2 is 2.11 bits per heavy atom. The van der Waals surface area contributed by atoms with Crippen LogP contribution in [0.3, 0.4) is 0 Å². The molecule has 2 unspecified atom stereocenters. The summed E-state index contributed by atoms with van der Waals surface area (Å²) in [6.45, 7) is 6.66. The molecule has 0 fully saturated rings. The van der Waals surface area contributed by atoms with Gasteiger partial charge in [-0.1, -0.05) is 31.5 Å². The highest BCUT2D eigenvalue weighted by molar-refractivity contribution is 5.59. The van der Waals surface area contributed by atoms with Gasteiger partial charge in [-0.05, 0) is 56.7 Å². The minimum atomic E-state index is 0.659. The first-order chi connectivity index (χ1) is 9.26. The number of fused-ring (bicyclic) bond motifs is 1. The molecule has 2 rings (SSSR count). The Balaban J connectivity index is 1.86. The molecule has 0 amide bonds. The average molecular weight is 260 g/mol. The van der Waals surface area contributed by atoms with Gasteiger partial charge in [-0.3, -0.25) is 0 Å². The lowest BCUT2D eigenvalue weighted by atomic mass is 9.96. The van der Waals surface area contributed by atoms with Crippen LogP contribution >= 0.6 is 0 Å². The van der Waals surface area contributed by atoms with Gasteiger partial charge in [0.25, 0.3) is 0 Å². The van der Waals surface area contributed by atoms with Gasteiger partial charge < -0.3 is 10.6 Å². The van der Waals surface area contributed by atoms with E-state index >= 15 is 0 Å². The van der Waals surface area contributed by atoms with Crippen molar-refractivity contribution in [3.05, 3.63) is 29.8 Å². The number of nitrogens with zero attached hydrogens (tertiary/aromatic N) is 1. The Bertz CT molecular complexity index is 389. The van der Waals surface area contributed by atoms with E-state index in [1.54, 1.807) is 0 Å². The molecule has 0 spiro atoms. The number of para-hydroxylation sites is 1. The molecule has 1 aromatic carbocycles. The number of rotatable bonds is 7. The van der Waals surface area contributed by atoms with Crippen LogP contribution in [0.2, 0.25) is 0 Å². The summed E-state index contributed by atoms with van der Waals surface area (Å²) in [6.07, 6.45) is 6.26. The molecule has 0 radical (unpaired) electrons. The van der Waals surface area contributed by atoms with Crippen molar-refractivity contribution in [2.45, 2.75) is 52.0 Å². The van der Waals surface area contributed by atoms with E-state index in [2.05, 4.69) is 43.0 Å². The summed E-state index contributed by atoms with van der Waals surface area (Å²) in [7, 11) is 0. The Morgan fingerprint density at radius 3 is 2.84 bits per heavy atom. The lowest BCUT2D eigenvalue weighted by molar-refractivity contribution is 0.427. The Labute approximate surface area is 118 Å². The van der Waals surface area contributed by atoms with Crippen LogP contribution in [0.4, 0.5) is 5.69 Å². The zero-order valence-electron chi connectivity index (χ0n) is 12.4. The smallest absolute Gasteiger partial charge is 0.0402 e. The third-order valence-corrected chi connectivity index (χ3v) is 4.51. The van der Waals surface area contributed by atoms with Crippen LogP contribution in [-0.4, -0.2) is 19.1 Å². The minimum absolute atomic E-state index is 0.659. The Kier molecular flexibility index (Phi) is 5.26. The topological polar surface area (TPSA) is 29.3 Å². The highest BCUT2D eigenvalue weighted by atomic mass is 15.2. The van der Waals surface area contributed by atoms with Crippen LogP contribution in [0, 0.1) is 5.92 Å². The standard InChI is InChI=1S/C17H28N2/c1-3-15(10-11-18)7-6-12-19-14(2)13-16-8-4-5-9-17(16)19/h4-5,8-9,14-15H,3,6-7,10-13,18H2,1-2H3. The summed E-state index contributed by atoms with van der Waals surface area (Å²) in [5.41, 5.74) is 8.65. The molecule has 1 aliphatic heterocycles. The molecule has 0 saturated heterocycles. The van der Waals surface area contributed by atoms with E-state index in [1.165, 1.54) is 49.9 Å². The molecule has 0 aromatic heterocycles. The van der Waals surface area contributed by atoms with Crippen LogP contribution < -0.4 is 10.6 Å². The lowest BCUT2D eigenvalue weighted by Crippen LogP contribution is -2.30. The van der Waals surface area contributed by atoms with E-state index in [-0.39, 0.29) is 0 Å². The van der Waals surface area contributed by atoms with Gasteiger partial charge in [-0.15, -0.1) is 0 Å². The van der Waals surface area contributed by atoms with Gasteiger partial charge in [0.15, 0.2) is 0 Å². The average Bonchev–Trinajstić information content (AvgIpc) is 2.74. The van der Waals surface area contributed by atoms with Gasteiger partial charge >= 0.3 is 0 Å². The molecule has 0 aliphatic carbocycles. The van der Waals surface area contributed by atoms with Crippen molar-refractivity contribution in [2.75, 3.05) is 18.0 Å². The second kappa shape index (κ2) is 6.95. The molecule has 19 heavy (non-hydrogen) atoms. The molecule has 1 heterocycles. The summed E-state index contributed by atoms with van der Waals surface area (Å²) in [5.74, 6) is 0.818. The normalized spacial score (nSPS) is 19.5. The fourth-order valence-corrected chi connectivity index (χ4v) is 3.31. The van der Waals surface area contributed by atoms with Crippen molar-refractivity contribution in [1.29, 1.82) is 0 Å². The van der Waals surface area contributed by atoms with E-state index in [9.17, 15) is 0 Å². The predicted octanol–water partition coefficient (Wildman–Crippen LogP) is 3.59. The molecule has 0 saturated carbocycles. The lowest BCUT2D eigenvalue weighted by Gasteiger charge is -2.26. The van der Waals surface area contributed by atoms with Crippen molar-refractivity contribution >= 4 is 5.69 Å². The molecule has 2 heteroatoms. The fraction of sp³-hybridized carbons (Fsp3) is 0.647. The van der Waals surface area contributed by atoms with Gasteiger partial charge in [-0.25, -0.2) is 0 Å². The van der Waals surface area contributed by atoms with Crippen LogP contribution in [0.25, 0.3) is 0 Å². The molecule has 2 atom stereocenters. The van der Waals surface area contributed by atoms with Gasteiger partial charge in [0.1, 0.15) is 0 Å². The Hall–Kier alpha value is -1.02. The third kappa shape index (κ3) is 3.50. The molecule has 0 bridgehead atoms. The molecule has 1 aliphatic rings. The number of nitrogens with two attached hydrogens (primary N) is 1. The second-order valence-electron chi connectivity index (χ2n) is 5.87. The first-order valence-electron chi connectivity index (χ1n) is 7.80. The summed E-state index contributed by atoms with van der Waals surface area (Å²) < 4.78 is 0. The number of benzene rings is 1. The van der Waals surface area contributed by atoms with Crippen LogP contribution in [-0.2, 0) is 6.42 Å². The molecule has 2 nitrogen and oxygen atoms in total. The first-order valence-corrected chi connectivity index (χ1v) is 7.80. The SMILES string of the molecule is CCC(CCN)CCCN1c2ccccc2CC1C. The highest BCUT2D eigenvalue weighted by Crippen LogP contribution is 2.32. The van der Waals surface area contributed by atoms with E-state index in [4.69, 9.17) is 5.73 Å². The van der Waals surface area contributed by atoms with Gasteiger partial charge in [-0.2, -0.15) is 0 Å².